The van der Waals surface area contributed by atoms with Crippen molar-refractivity contribution in [1.29, 1.82) is 0 Å². The second-order valence-electron chi connectivity index (χ2n) is 4.70. The first-order valence-electron chi connectivity index (χ1n) is 6.75. The van der Waals surface area contributed by atoms with Gasteiger partial charge in [0.1, 0.15) is 0 Å². The van der Waals surface area contributed by atoms with Crippen molar-refractivity contribution < 1.29 is 0 Å². The second kappa shape index (κ2) is 9.28. The summed E-state index contributed by atoms with van der Waals surface area (Å²) in [4.78, 5) is 6.45. The van der Waals surface area contributed by atoms with E-state index in [1.165, 1.54) is 25.7 Å². The van der Waals surface area contributed by atoms with Crippen LogP contribution < -0.4 is 0 Å². The summed E-state index contributed by atoms with van der Waals surface area (Å²) in [6.07, 6.45) is 6.78. The van der Waals surface area contributed by atoms with Crippen molar-refractivity contribution in [1.82, 2.24) is 9.88 Å². The molecule has 0 spiro atoms. The van der Waals surface area contributed by atoms with Gasteiger partial charge >= 0.3 is 19.8 Å². The van der Waals surface area contributed by atoms with Crippen LogP contribution in [-0.4, -0.2) is 53.6 Å². The molecule has 2 heterocycles. The van der Waals surface area contributed by atoms with E-state index in [9.17, 15) is 0 Å². The number of aromatic nitrogens is 1. The normalized spacial score (nSPS) is 16.9. The second-order valence-corrected chi connectivity index (χ2v) is 5.10. The predicted octanol–water partition coefficient (Wildman–Crippen LogP) is 2.04. The molecule has 20 heavy (non-hydrogen) atoms. The molecule has 0 bridgehead atoms. The molecular formula is C14H20GaN4S+3. The molecule has 0 atom stereocenters. The van der Waals surface area contributed by atoms with E-state index < -0.39 is 0 Å². The molecule has 102 valence electrons. The average Bonchev–Trinajstić information content (AvgIpc) is 2.74. The van der Waals surface area contributed by atoms with Crippen LogP contribution in [0.1, 0.15) is 38.3 Å². The standard InChI is InChI=1S/C14H20N4S.Ga/c1-12(13-8-4-5-9-15-13)16-17-14(19)18-10-6-2-3-7-11-18;/h4-5,8-9H,2-3,6-7,10-11H2,1H3,(H,15,17,19);/q;+3. The fraction of sp³-hybridized carbons (Fsp3) is 0.500. The van der Waals surface area contributed by atoms with Gasteiger partial charge in [0.2, 0.25) is 0 Å². The minimum absolute atomic E-state index is 0. The van der Waals surface area contributed by atoms with E-state index in [1.54, 1.807) is 6.20 Å². The fourth-order valence-corrected chi connectivity index (χ4v) is 2.33. The maximum Gasteiger partial charge on any atom is 3.00 e. The first kappa shape index (κ1) is 17.4. The third-order valence-electron chi connectivity index (χ3n) is 3.21. The molecule has 1 aromatic rings. The van der Waals surface area contributed by atoms with Crippen molar-refractivity contribution in [2.75, 3.05) is 13.1 Å². The van der Waals surface area contributed by atoms with Crippen LogP contribution in [0.5, 0.6) is 0 Å². The summed E-state index contributed by atoms with van der Waals surface area (Å²) < 4.78 is 0. The molecule has 0 aliphatic carbocycles. The van der Waals surface area contributed by atoms with Crippen LogP contribution in [0.2, 0.25) is 0 Å². The van der Waals surface area contributed by atoms with Gasteiger partial charge in [0, 0.05) is 25.0 Å². The van der Waals surface area contributed by atoms with Gasteiger partial charge in [0.15, 0.2) is 17.3 Å². The van der Waals surface area contributed by atoms with Gasteiger partial charge in [-0.3, -0.25) is 4.98 Å². The maximum atomic E-state index is 4.46. The van der Waals surface area contributed by atoms with Gasteiger partial charge in [-0.25, -0.2) is 4.90 Å². The topological polar surface area (TPSA) is 42.6 Å². The molecule has 1 saturated heterocycles. The summed E-state index contributed by atoms with van der Waals surface area (Å²) >= 11 is 4.46. The van der Waals surface area contributed by atoms with E-state index in [2.05, 4.69) is 32.6 Å². The number of nitrogens with zero attached hydrogens (tertiary/aromatic N) is 4. The summed E-state index contributed by atoms with van der Waals surface area (Å²) in [5, 5.41) is 4.93. The van der Waals surface area contributed by atoms with Gasteiger partial charge in [-0.2, -0.15) is 0 Å². The van der Waals surface area contributed by atoms with Crippen LogP contribution in [0.25, 0.3) is 5.43 Å². The average molecular weight is 346 g/mol. The largest absolute Gasteiger partial charge is 3.00 e. The molecule has 4 nitrogen and oxygen atoms in total. The molecule has 1 aliphatic heterocycles. The van der Waals surface area contributed by atoms with Crippen molar-refractivity contribution >= 4 is 42.8 Å². The van der Waals surface area contributed by atoms with E-state index in [1.807, 2.05) is 25.1 Å². The first-order chi connectivity index (χ1) is 9.27. The van der Waals surface area contributed by atoms with E-state index in [-0.39, 0.29) is 19.8 Å². The van der Waals surface area contributed by atoms with Crippen LogP contribution in [0.15, 0.2) is 29.5 Å². The summed E-state index contributed by atoms with van der Waals surface area (Å²) in [5.41, 5.74) is 5.88. The third-order valence-corrected chi connectivity index (χ3v) is 3.59. The quantitative estimate of drug-likeness (QED) is 0.205. The Balaban J connectivity index is 0.00000200. The zero-order chi connectivity index (χ0) is 13.5. The Hall–Kier alpha value is -0.694. The van der Waals surface area contributed by atoms with Gasteiger partial charge in [-0.15, -0.1) is 0 Å². The Kier molecular flexibility index (Phi) is 8.05. The number of rotatable bonds is 2. The minimum atomic E-state index is 0. The molecule has 1 fully saturated rings. The molecule has 0 unspecified atom stereocenters. The van der Waals surface area contributed by atoms with Crippen molar-refractivity contribution in [2.45, 2.75) is 32.6 Å². The monoisotopic (exact) mass is 345 g/mol. The molecule has 0 amide bonds. The fourth-order valence-electron chi connectivity index (χ4n) is 2.08. The van der Waals surface area contributed by atoms with Gasteiger partial charge in [-0.1, -0.05) is 18.9 Å². The summed E-state index contributed by atoms with van der Waals surface area (Å²) in [7, 11) is 0. The smallest absolute Gasteiger partial charge is 0.515 e. The molecule has 0 saturated carbocycles. The molecular weight excluding hydrogens is 326 g/mol. The first-order valence-corrected chi connectivity index (χ1v) is 7.19. The van der Waals surface area contributed by atoms with Crippen molar-refractivity contribution in [3.63, 3.8) is 0 Å². The van der Waals surface area contributed by atoms with Crippen molar-refractivity contribution in [3.05, 3.63) is 35.5 Å². The van der Waals surface area contributed by atoms with Crippen LogP contribution in [0.3, 0.4) is 0 Å². The predicted molar refractivity (Wildman–Crippen MR) is 89.4 cm³/mol. The SMILES string of the molecule is CC(=N[N-]C(=[SH+])N1CCCCCC1)c1ccccn1.[Ga+3]. The zero-order valence-corrected chi connectivity index (χ0v) is 15.2. The van der Waals surface area contributed by atoms with Crippen LogP contribution in [0.4, 0.5) is 0 Å². The number of pyridine rings is 1. The molecule has 1 aliphatic rings. The minimum Gasteiger partial charge on any atom is -0.515 e. The molecule has 6 heteroatoms. The van der Waals surface area contributed by atoms with Crippen molar-refractivity contribution in [2.24, 2.45) is 5.10 Å². The third kappa shape index (κ3) is 5.36. The van der Waals surface area contributed by atoms with Gasteiger partial charge in [0.25, 0.3) is 0 Å². The Morgan fingerprint density at radius 2 is 1.95 bits per heavy atom. The van der Waals surface area contributed by atoms with E-state index >= 15 is 0 Å². The van der Waals surface area contributed by atoms with E-state index in [0.717, 1.165) is 24.5 Å². The zero-order valence-electron chi connectivity index (χ0n) is 11.9. The summed E-state index contributed by atoms with van der Waals surface area (Å²) in [5.74, 6) is 0. The summed E-state index contributed by atoms with van der Waals surface area (Å²) in [6.45, 7) is 3.97. The Morgan fingerprint density at radius 1 is 1.25 bits per heavy atom. The molecule has 1 aromatic heterocycles. The number of hydrogen-bond acceptors (Lipinski definition) is 2. The van der Waals surface area contributed by atoms with Crippen LogP contribution >= 0.6 is 0 Å². The van der Waals surface area contributed by atoms with Crippen LogP contribution in [-0.2, 0) is 12.2 Å². The van der Waals surface area contributed by atoms with Gasteiger partial charge in [0.05, 0.1) is 5.69 Å². The summed E-state index contributed by atoms with van der Waals surface area (Å²) in [6, 6.07) is 5.77. The van der Waals surface area contributed by atoms with Crippen LogP contribution in [0, 0.1) is 0 Å². The number of likely N-dealkylation sites (tertiary alicyclic amines) is 1. The van der Waals surface area contributed by atoms with Crippen molar-refractivity contribution in [3.8, 4) is 0 Å². The van der Waals surface area contributed by atoms with E-state index in [0.29, 0.717) is 5.11 Å². The maximum absolute atomic E-state index is 4.46. The van der Waals surface area contributed by atoms with Gasteiger partial charge in [-0.05, 0) is 31.9 Å². The molecule has 0 N–H and O–H groups in total. The van der Waals surface area contributed by atoms with Gasteiger partial charge < -0.3 is 10.5 Å². The molecule has 0 radical (unpaired) electrons. The molecule has 0 aromatic carbocycles. The number of hydrogen-bond donors (Lipinski definition) is 0. The molecule has 2 rings (SSSR count). The Bertz CT molecular complexity index is 442. The number of thiol groups is 1. The van der Waals surface area contributed by atoms with E-state index in [4.69, 9.17) is 0 Å². The Morgan fingerprint density at radius 3 is 2.55 bits per heavy atom. The Labute approximate surface area is 139 Å².